The minimum Gasteiger partial charge on any atom is -0.444 e. The topological polar surface area (TPSA) is 91.0 Å². The first kappa shape index (κ1) is 24.4. The Balaban J connectivity index is 1.58. The molecular weight excluding hydrogens is 444 g/mol. The molecule has 3 amide bonds. The first-order valence-electron chi connectivity index (χ1n) is 10.7. The summed E-state index contributed by atoms with van der Waals surface area (Å²) in [5, 5.41) is 5.76. The predicted octanol–water partition coefficient (Wildman–Crippen LogP) is 4.61. The van der Waals surface area contributed by atoms with Gasteiger partial charge in [0.15, 0.2) is 0 Å². The predicted molar refractivity (Wildman–Crippen MR) is 130 cm³/mol. The molecule has 1 aliphatic heterocycles. The maximum absolute atomic E-state index is 12.7. The van der Waals surface area contributed by atoms with Gasteiger partial charge in [-0.3, -0.25) is 9.59 Å². The summed E-state index contributed by atoms with van der Waals surface area (Å²) >= 11 is 6.17. The first-order valence-corrected chi connectivity index (χ1v) is 11.1. The normalized spacial score (nSPS) is 14.0. The molecule has 0 spiro atoms. The van der Waals surface area contributed by atoms with Crippen molar-refractivity contribution < 1.29 is 19.1 Å². The molecule has 9 heteroatoms. The van der Waals surface area contributed by atoms with Crippen LogP contribution in [0.2, 0.25) is 5.02 Å². The van der Waals surface area contributed by atoms with Gasteiger partial charge in [-0.15, -0.1) is 0 Å². The molecule has 2 aromatic carbocycles. The molecule has 33 heavy (non-hydrogen) atoms. The zero-order valence-electron chi connectivity index (χ0n) is 19.3. The minimum absolute atomic E-state index is 0.230. The number of ether oxygens (including phenoxy) is 1. The van der Waals surface area contributed by atoms with Gasteiger partial charge in [0, 0.05) is 50.2 Å². The lowest BCUT2D eigenvalue weighted by atomic mass is 10.1. The third-order valence-electron chi connectivity index (χ3n) is 4.95. The second-order valence-corrected chi connectivity index (χ2v) is 9.24. The van der Waals surface area contributed by atoms with Crippen LogP contribution >= 0.6 is 11.6 Å². The van der Waals surface area contributed by atoms with Crippen molar-refractivity contribution in [1.82, 2.24) is 4.90 Å². The van der Waals surface area contributed by atoms with Gasteiger partial charge in [-0.1, -0.05) is 11.6 Å². The minimum atomic E-state index is -0.510. The number of carbonyl (C=O) groups is 3. The summed E-state index contributed by atoms with van der Waals surface area (Å²) in [6, 6.07) is 12.2. The lowest BCUT2D eigenvalue weighted by Gasteiger charge is -2.36. The van der Waals surface area contributed by atoms with E-state index in [1.165, 1.54) is 13.0 Å². The molecule has 1 fully saturated rings. The second-order valence-electron chi connectivity index (χ2n) is 8.83. The highest BCUT2D eigenvalue weighted by atomic mass is 35.5. The van der Waals surface area contributed by atoms with E-state index < -0.39 is 5.60 Å². The SMILES string of the molecule is CC(=O)Nc1ccc(Cl)c(C(=O)Nc2ccc(N3CCN(C(=O)OC(C)(C)C)CC3)cc2)c1. The van der Waals surface area contributed by atoms with Gasteiger partial charge in [-0.05, 0) is 63.2 Å². The van der Waals surface area contributed by atoms with Crippen LogP contribution in [-0.4, -0.2) is 54.6 Å². The number of carbonyl (C=O) groups excluding carboxylic acids is 3. The molecule has 2 aromatic rings. The molecule has 0 unspecified atom stereocenters. The van der Waals surface area contributed by atoms with E-state index in [-0.39, 0.29) is 23.5 Å². The van der Waals surface area contributed by atoms with Crippen LogP contribution in [0.15, 0.2) is 42.5 Å². The van der Waals surface area contributed by atoms with Gasteiger partial charge < -0.3 is 25.2 Å². The fourth-order valence-corrected chi connectivity index (χ4v) is 3.61. The summed E-state index contributed by atoms with van der Waals surface area (Å²) in [4.78, 5) is 40.1. The summed E-state index contributed by atoms with van der Waals surface area (Å²) in [7, 11) is 0. The second kappa shape index (κ2) is 10.1. The van der Waals surface area contributed by atoms with Gasteiger partial charge in [0.1, 0.15) is 5.60 Å². The monoisotopic (exact) mass is 472 g/mol. The number of rotatable bonds is 4. The Morgan fingerprint density at radius 2 is 1.52 bits per heavy atom. The molecule has 1 saturated heterocycles. The van der Waals surface area contributed by atoms with Crippen molar-refractivity contribution in [2.45, 2.75) is 33.3 Å². The quantitative estimate of drug-likeness (QED) is 0.678. The number of halogens is 1. The van der Waals surface area contributed by atoms with Gasteiger partial charge in [0.2, 0.25) is 5.91 Å². The highest BCUT2D eigenvalue weighted by molar-refractivity contribution is 6.34. The van der Waals surface area contributed by atoms with Crippen LogP contribution in [0.4, 0.5) is 21.9 Å². The van der Waals surface area contributed by atoms with Crippen LogP contribution in [0.3, 0.4) is 0 Å². The highest BCUT2D eigenvalue weighted by Gasteiger charge is 2.26. The van der Waals surface area contributed by atoms with Gasteiger partial charge in [-0.2, -0.15) is 0 Å². The van der Waals surface area contributed by atoms with Gasteiger partial charge in [0.05, 0.1) is 10.6 Å². The molecule has 0 aliphatic carbocycles. The van der Waals surface area contributed by atoms with E-state index >= 15 is 0 Å². The van der Waals surface area contributed by atoms with Gasteiger partial charge in [0.25, 0.3) is 5.91 Å². The molecule has 0 bridgehead atoms. The van der Waals surface area contributed by atoms with Crippen LogP contribution in [0.25, 0.3) is 0 Å². The number of piperazine rings is 1. The zero-order chi connectivity index (χ0) is 24.2. The molecule has 3 rings (SSSR count). The van der Waals surface area contributed by atoms with E-state index in [9.17, 15) is 14.4 Å². The zero-order valence-corrected chi connectivity index (χ0v) is 20.0. The van der Waals surface area contributed by atoms with Crippen LogP contribution < -0.4 is 15.5 Å². The number of anilines is 3. The molecule has 176 valence electrons. The van der Waals surface area contributed by atoms with Gasteiger partial charge in [-0.25, -0.2) is 4.79 Å². The number of hydrogen-bond acceptors (Lipinski definition) is 5. The molecule has 1 aliphatic rings. The smallest absolute Gasteiger partial charge is 0.410 e. The fourth-order valence-electron chi connectivity index (χ4n) is 3.41. The molecule has 0 saturated carbocycles. The van der Waals surface area contributed by atoms with E-state index in [0.717, 1.165) is 5.69 Å². The molecule has 0 aromatic heterocycles. The fraction of sp³-hybridized carbons (Fsp3) is 0.375. The Kier molecular flexibility index (Phi) is 7.48. The lowest BCUT2D eigenvalue weighted by molar-refractivity contribution is -0.114. The Hall–Kier alpha value is -3.26. The third-order valence-corrected chi connectivity index (χ3v) is 5.28. The average molecular weight is 473 g/mol. The first-order chi connectivity index (χ1) is 15.5. The van der Waals surface area contributed by atoms with Crippen LogP contribution in [0, 0.1) is 0 Å². The summed E-state index contributed by atoms with van der Waals surface area (Å²) in [5.41, 5.74) is 1.88. The Labute approximate surface area is 198 Å². The van der Waals surface area contributed by atoms with Crippen LogP contribution in [0.5, 0.6) is 0 Å². The van der Waals surface area contributed by atoms with E-state index in [2.05, 4.69) is 15.5 Å². The Morgan fingerprint density at radius 1 is 0.909 bits per heavy atom. The van der Waals surface area contributed by atoms with Crippen molar-refractivity contribution in [3.05, 3.63) is 53.1 Å². The van der Waals surface area contributed by atoms with Crippen LogP contribution in [0.1, 0.15) is 38.1 Å². The van der Waals surface area contributed by atoms with Crippen molar-refractivity contribution in [3.8, 4) is 0 Å². The third kappa shape index (κ3) is 6.86. The van der Waals surface area contributed by atoms with E-state index in [0.29, 0.717) is 42.6 Å². The molecule has 1 heterocycles. The Morgan fingerprint density at radius 3 is 2.09 bits per heavy atom. The summed E-state index contributed by atoms with van der Waals surface area (Å²) in [5.74, 6) is -0.600. The highest BCUT2D eigenvalue weighted by Crippen LogP contribution is 2.24. The maximum Gasteiger partial charge on any atom is 0.410 e. The average Bonchev–Trinajstić information content (AvgIpc) is 2.74. The largest absolute Gasteiger partial charge is 0.444 e. The maximum atomic E-state index is 12.7. The molecule has 0 radical (unpaired) electrons. The summed E-state index contributed by atoms with van der Waals surface area (Å²) in [6.07, 6.45) is -0.290. The van der Waals surface area contributed by atoms with E-state index in [1.54, 1.807) is 17.0 Å². The van der Waals surface area contributed by atoms with Crippen molar-refractivity contribution in [2.75, 3.05) is 41.7 Å². The lowest BCUT2D eigenvalue weighted by Crippen LogP contribution is -2.50. The standard InChI is InChI=1S/C24H29ClN4O4/c1-16(30)26-18-7-10-21(25)20(15-18)22(31)27-17-5-8-19(9-6-17)28-11-13-29(14-12-28)23(32)33-24(2,3)4/h5-10,15H,11-14H2,1-4H3,(H,26,30)(H,27,31). The number of nitrogens with zero attached hydrogens (tertiary/aromatic N) is 2. The van der Waals surface area contributed by atoms with E-state index in [1.807, 2.05) is 45.0 Å². The van der Waals surface area contributed by atoms with Crippen LogP contribution in [-0.2, 0) is 9.53 Å². The number of nitrogens with one attached hydrogen (secondary N) is 2. The number of hydrogen-bond donors (Lipinski definition) is 2. The van der Waals surface area contributed by atoms with Crippen molar-refractivity contribution in [2.24, 2.45) is 0 Å². The molecule has 8 nitrogen and oxygen atoms in total. The summed E-state index contributed by atoms with van der Waals surface area (Å²) in [6.45, 7) is 9.51. The number of benzene rings is 2. The Bertz CT molecular complexity index is 1030. The summed E-state index contributed by atoms with van der Waals surface area (Å²) < 4.78 is 5.44. The molecule has 0 atom stereocenters. The van der Waals surface area contributed by atoms with Crippen molar-refractivity contribution in [1.29, 1.82) is 0 Å². The molecule has 2 N–H and O–H groups in total. The molecular formula is C24H29ClN4O4. The number of amides is 3. The van der Waals surface area contributed by atoms with Gasteiger partial charge >= 0.3 is 6.09 Å². The van der Waals surface area contributed by atoms with E-state index in [4.69, 9.17) is 16.3 Å². The van der Waals surface area contributed by atoms with Crippen molar-refractivity contribution in [3.63, 3.8) is 0 Å². The van der Waals surface area contributed by atoms with Crippen molar-refractivity contribution >= 4 is 46.6 Å².